The second kappa shape index (κ2) is 4.54. The number of halogens is 4. The lowest BCUT2D eigenvalue weighted by Crippen LogP contribution is -2.18. The average molecular weight is 239 g/mol. The van der Waals surface area contributed by atoms with Gasteiger partial charge in [0.05, 0.1) is 19.0 Å². The topological polar surface area (TPSA) is 31.4 Å². The summed E-state index contributed by atoms with van der Waals surface area (Å²) in [5.41, 5.74) is 0.207. The van der Waals surface area contributed by atoms with Gasteiger partial charge in [0.1, 0.15) is 6.67 Å². The Labute approximate surface area is 89.0 Å². The van der Waals surface area contributed by atoms with Crippen molar-refractivity contribution < 1.29 is 27.0 Å². The molecule has 7 heteroatoms. The number of ether oxygens (including phenoxy) is 2. The van der Waals surface area contributed by atoms with Gasteiger partial charge in [-0.15, -0.1) is 13.2 Å². The fourth-order valence-corrected chi connectivity index (χ4v) is 1.19. The lowest BCUT2D eigenvalue weighted by molar-refractivity contribution is -0.275. The van der Waals surface area contributed by atoms with Crippen molar-refractivity contribution in [2.45, 2.75) is 20.0 Å². The monoisotopic (exact) mass is 239 g/mol. The lowest BCUT2D eigenvalue weighted by Gasteiger charge is -2.14. The Morgan fingerprint density at radius 1 is 1.38 bits per heavy atom. The first kappa shape index (κ1) is 12.5. The summed E-state index contributed by atoms with van der Waals surface area (Å²) in [5, 5.41) is 0. The first-order chi connectivity index (χ1) is 7.39. The summed E-state index contributed by atoms with van der Waals surface area (Å²) in [6.07, 6.45) is -4.05. The normalized spacial score (nSPS) is 11.4. The minimum Gasteiger partial charge on any atom is -0.492 e. The van der Waals surface area contributed by atoms with Gasteiger partial charge in [-0.05, 0) is 6.92 Å². The van der Waals surface area contributed by atoms with Crippen LogP contribution in [0.15, 0.2) is 6.20 Å². The average Bonchev–Trinajstić information content (AvgIpc) is 2.16. The van der Waals surface area contributed by atoms with Crippen LogP contribution < -0.4 is 9.47 Å². The Morgan fingerprint density at radius 2 is 2.00 bits per heavy atom. The molecule has 0 N–H and O–H groups in total. The number of rotatable bonds is 3. The Balaban J connectivity index is 3.16. The van der Waals surface area contributed by atoms with E-state index in [1.54, 1.807) is 0 Å². The highest BCUT2D eigenvalue weighted by Gasteiger charge is 2.33. The first-order valence-electron chi connectivity index (χ1n) is 4.23. The molecule has 16 heavy (non-hydrogen) atoms. The molecule has 1 rings (SSSR count). The van der Waals surface area contributed by atoms with Crippen LogP contribution in [0.3, 0.4) is 0 Å². The van der Waals surface area contributed by atoms with Gasteiger partial charge in [-0.1, -0.05) is 0 Å². The van der Waals surface area contributed by atoms with E-state index in [0.29, 0.717) is 0 Å². The van der Waals surface area contributed by atoms with E-state index in [0.717, 1.165) is 6.20 Å². The van der Waals surface area contributed by atoms with Crippen LogP contribution in [0.2, 0.25) is 0 Å². The van der Waals surface area contributed by atoms with Crippen LogP contribution >= 0.6 is 0 Å². The van der Waals surface area contributed by atoms with Crippen LogP contribution in [0, 0.1) is 6.92 Å². The second-order valence-corrected chi connectivity index (χ2v) is 2.91. The highest BCUT2D eigenvalue weighted by molar-refractivity contribution is 5.46. The molecule has 90 valence electrons. The molecule has 1 heterocycles. The van der Waals surface area contributed by atoms with E-state index in [9.17, 15) is 17.6 Å². The van der Waals surface area contributed by atoms with Gasteiger partial charge >= 0.3 is 6.36 Å². The summed E-state index contributed by atoms with van der Waals surface area (Å²) in [4.78, 5) is 3.51. The molecule has 3 nitrogen and oxygen atoms in total. The van der Waals surface area contributed by atoms with Crippen molar-refractivity contribution in [2.24, 2.45) is 0 Å². The zero-order chi connectivity index (χ0) is 12.3. The number of hydrogen-bond acceptors (Lipinski definition) is 3. The molecule has 0 saturated heterocycles. The predicted molar refractivity (Wildman–Crippen MR) is 47.0 cm³/mol. The minimum atomic E-state index is -4.83. The van der Waals surface area contributed by atoms with E-state index in [4.69, 9.17) is 4.74 Å². The molecular weight excluding hydrogens is 230 g/mol. The van der Waals surface area contributed by atoms with Gasteiger partial charge in [0, 0.05) is 5.56 Å². The fourth-order valence-electron chi connectivity index (χ4n) is 1.19. The minimum absolute atomic E-state index is 0.0198. The molecule has 1 aromatic rings. The number of nitrogens with zero attached hydrogens (tertiary/aromatic N) is 1. The van der Waals surface area contributed by atoms with Crippen molar-refractivity contribution in [2.75, 3.05) is 7.11 Å². The van der Waals surface area contributed by atoms with Gasteiger partial charge in [-0.2, -0.15) is 0 Å². The molecule has 0 amide bonds. The number of hydrogen-bond donors (Lipinski definition) is 0. The van der Waals surface area contributed by atoms with Crippen molar-refractivity contribution in [3.05, 3.63) is 17.5 Å². The van der Waals surface area contributed by atoms with Gasteiger partial charge < -0.3 is 9.47 Å². The summed E-state index contributed by atoms with van der Waals surface area (Å²) >= 11 is 0. The van der Waals surface area contributed by atoms with Gasteiger partial charge in [0.25, 0.3) is 0 Å². The van der Waals surface area contributed by atoms with E-state index >= 15 is 0 Å². The van der Waals surface area contributed by atoms with Crippen molar-refractivity contribution >= 4 is 0 Å². The highest BCUT2D eigenvalue weighted by Crippen LogP contribution is 2.35. The summed E-state index contributed by atoms with van der Waals surface area (Å²) in [7, 11) is 1.17. The van der Waals surface area contributed by atoms with Crippen molar-refractivity contribution in [3.8, 4) is 11.5 Å². The number of pyridine rings is 1. The Morgan fingerprint density at radius 3 is 2.44 bits per heavy atom. The standard InChI is InChI=1S/C9H9F4NO2/c1-5-6(3-10)14-4-7(8(5)15-2)16-9(11,12)13/h4H,3H2,1-2H3. The largest absolute Gasteiger partial charge is 0.573 e. The molecule has 0 radical (unpaired) electrons. The summed E-state index contributed by atoms with van der Waals surface area (Å²) < 4.78 is 56.8. The van der Waals surface area contributed by atoms with E-state index in [1.165, 1.54) is 14.0 Å². The van der Waals surface area contributed by atoms with Crippen LogP contribution in [0.5, 0.6) is 11.5 Å². The van der Waals surface area contributed by atoms with E-state index in [-0.39, 0.29) is 17.0 Å². The smallest absolute Gasteiger partial charge is 0.492 e. The van der Waals surface area contributed by atoms with Crippen molar-refractivity contribution in [3.63, 3.8) is 0 Å². The van der Waals surface area contributed by atoms with Gasteiger partial charge in [0.15, 0.2) is 11.5 Å². The van der Waals surface area contributed by atoms with Crippen LogP contribution in [-0.4, -0.2) is 18.5 Å². The third-order valence-corrected chi connectivity index (χ3v) is 1.89. The van der Waals surface area contributed by atoms with Crippen molar-refractivity contribution in [1.82, 2.24) is 4.98 Å². The van der Waals surface area contributed by atoms with Gasteiger partial charge in [0.2, 0.25) is 0 Å². The summed E-state index contributed by atoms with van der Waals surface area (Å²) in [6.45, 7) is 0.526. The molecule has 0 aliphatic carbocycles. The number of alkyl halides is 4. The Hall–Kier alpha value is -1.53. The van der Waals surface area contributed by atoms with Gasteiger partial charge in [-0.3, -0.25) is 4.98 Å². The molecule has 0 atom stereocenters. The molecule has 0 aliphatic rings. The van der Waals surface area contributed by atoms with Gasteiger partial charge in [-0.25, -0.2) is 4.39 Å². The fraction of sp³-hybridized carbons (Fsp3) is 0.444. The molecule has 0 saturated carbocycles. The van der Waals surface area contributed by atoms with Crippen molar-refractivity contribution in [1.29, 1.82) is 0 Å². The zero-order valence-electron chi connectivity index (χ0n) is 8.56. The van der Waals surface area contributed by atoms with E-state index < -0.39 is 18.8 Å². The van der Waals surface area contributed by atoms with Crippen LogP contribution in [0.1, 0.15) is 11.3 Å². The van der Waals surface area contributed by atoms with E-state index in [2.05, 4.69) is 9.72 Å². The second-order valence-electron chi connectivity index (χ2n) is 2.91. The van der Waals surface area contributed by atoms with Crippen LogP contribution in [0.25, 0.3) is 0 Å². The highest BCUT2D eigenvalue weighted by atomic mass is 19.4. The molecule has 0 aliphatic heterocycles. The molecule has 1 aromatic heterocycles. The Kier molecular flexibility index (Phi) is 3.56. The third-order valence-electron chi connectivity index (χ3n) is 1.89. The SMILES string of the molecule is COc1c(OC(F)(F)F)cnc(CF)c1C. The zero-order valence-corrected chi connectivity index (χ0v) is 8.56. The molecule has 0 unspecified atom stereocenters. The molecule has 0 aromatic carbocycles. The molecule has 0 fully saturated rings. The van der Waals surface area contributed by atoms with Crippen LogP contribution in [0.4, 0.5) is 17.6 Å². The maximum Gasteiger partial charge on any atom is 0.573 e. The molecule has 0 bridgehead atoms. The number of aromatic nitrogens is 1. The summed E-state index contributed by atoms with van der Waals surface area (Å²) in [6, 6.07) is 0. The maximum absolute atomic E-state index is 12.4. The first-order valence-corrected chi connectivity index (χ1v) is 4.23. The predicted octanol–water partition coefficient (Wildman–Crippen LogP) is 2.77. The number of methoxy groups -OCH3 is 1. The molecular formula is C9H9F4NO2. The Bertz CT molecular complexity index is 379. The molecule has 0 spiro atoms. The quantitative estimate of drug-likeness (QED) is 0.760. The lowest BCUT2D eigenvalue weighted by atomic mass is 10.2. The van der Waals surface area contributed by atoms with E-state index in [1.807, 2.05) is 0 Å². The maximum atomic E-state index is 12.4. The third kappa shape index (κ3) is 2.74. The summed E-state index contributed by atoms with van der Waals surface area (Å²) in [5.74, 6) is -0.746. The van der Waals surface area contributed by atoms with Crippen LogP contribution in [-0.2, 0) is 6.67 Å².